The normalized spacial score (nSPS) is 38.1. The topological polar surface area (TPSA) is 97.3 Å². The van der Waals surface area contributed by atoms with Crippen molar-refractivity contribution in [2.45, 2.75) is 43.9 Å². The van der Waals surface area contributed by atoms with Crippen LogP contribution in [0.5, 0.6) is 0 Å². The van der Waals surface area contributed by atoms with Gasteiger partial charge in [-0.2, -0.15) is 0 Å². The van der Waals surface area contributed by atoms with Crippen LogP contribution in [0.3, 0.4) is 0 Å². The Morgan fingerprint density at radius 3 is 2.64 bits per heavy atom. The Labute approximate surface area is 127 Å². The molecule has 1 aromatic rings. The van der Waals surface area contributed by atoms with E-state index in [9.17, 15) is 15.0 Å². The molecule has 0 unspecified atom stereocenters. The number of fused-ring (bicyclic) bond motifs is 1. The third-order valence-corrected chi connectivity index (χ3v) is 3.83. The molecule has 0 saturated carbocycles. The molecule has 0 aliphatic carbocycles. The molecular formula is C15H19NO6. The van der Waals surface area contributed by atoms with Gasteiger partial charge in [-0.25, -0.2) is 0 Å². The SMILES string of the molecule is CC(=O)N[C@H]1[C@@H](O)[C@@H]2O[C@@H](c3ccccc3)OC[C@H]2O[C@@H]1O. The van der Waals surface area contributed by atoms with Gasteiger partial charge < -0.3 is 29.7 Å². The number of benzene rings is 1. The van der Waals surface area contributed by atoms with Gasteiger partial charge in [-0.05, 0) is 0 Å². The highest BCUT2D eigenvalue weighted by Crippen LogP contribution is 2.33. The third-order valence-electron chi connectivity index (χ3n) is 3.83. The molecule has 2 aliphatic heterocycles. The molecule has 1 amide bonds. The number of ether oxygens (including phenoxy) is 3. The Kier molecular flexibility index (Phi) is 4.42. The van der Waals surface area contributed by atoms with E-state index >= 15 is 0 Å². The largest absolute Gasteiger partial charge is 0.388 e. The van der Waals surface area contributed by atoms with Crippen molar-refractivity contribution in [3.8, 4) is 0 Å². The van der Waals surface area contributed by atoms with Gasteiger partial charge in [0.15, 0.2) is 12.6 Å². The lowest BCUT2D eigenvalue weighted by Gasteiger charge is -2.46. The van der Waals surface area contributed by atoms with Gasteiger partial charge in [-0.1, -0.05) is 30.3 Å². The fourth-order valence-corrected chi connectivity index (χ4v) is 2.78. The molecule has 2 heterocycles. The summed E-state index contributed by atoms with van der Waals surface area (Å²) in [6.07, 6.45) is -4.29. The molecule has 2 saturated heterocycles. The molecule has 2 aliphatic rings. The second-order valence-corrected chi connectivity index (χ2v) is 5.46. The summed E-state index contributed by atoms with van der Waals surface area (Å²) in [6, 6.07) is 8.41. The first-order chi connectivity index (χ1) is 10.6. The molecule has 0 bridgehead atoms. The predicted molar refractivity (Wildman–Crippen MR) is 74.5 cm³/mol. The molecule has 1 aromatic carbocycles. The van der Waals surface area contributed by atoms with Crippen LogP contribution < -0.4 is 5.32 Å². The Morgan fingerprint density at radius 2 is 1.95 bits per heavy atom. The van der Waals surface area contributed by atoms with Crippen LogP contribution in [-0.4, -0.2) is 53.4 Å². The van der Waals surface area contributed by atoms with Crippen LogP contribution in [0.4, 0.5) is 0 Å². The summed E-state index contributed by atoms with van der Waals surface area (Å²) in [6.45, 7) is 1.49. The summed E-state index contributed by atoms with van der Waals surface area (Å²) in [5.41, 5.74) is 0.829. The first-order valence-electron chi connectivity index (χ1n) is 7.17. The minimum atomic E-state index is -1.30. The van der Waals surface area contributed by atoms with E-state index in [1.807, 2.05) is 30.3 Å². The van der Waals surface area contributed by atoms with Crippen molar-refractivity contribution in [2.24, 2.45) is 0 Å². The van der Waals surface area contributed by atoms with Crippen molar-refractivity contribution < 1.29 is 29.2 Å². The van der Waals surface area contributed by atoms with E-state index < -0.39 is 36.9 Å². The van der Waals surface area contributed by atoms with E-state index in [1.54, 1.807) is 0 Å². The fraction of sp³-hybridized carbons (Fsp3) is 0.533. The number of carbonyl (C=O) groups is 1. The average molecular weight is 309 g/mol. The maximum absolute atomic E-state index is 11.2. The van der Waals surface area contributed by atoms with Gasteiger partial charge in [-0.3, -0.25) is 4.79 Å². The fourth-order valence-electron chi connectivity index (χ4n) is 2.78. The number of amides is 1. The number of nitrogens with one attached hydrogen (secondary N) is 1. The number of carbonyl (C=O) groups excluding carboxylic acids is 1. The first kappa shape index (κ1) is 15.4. The molecule has 120 valence electrons. The number of hydrogen-bond donors (Lipinski definition) is 3. The first-order valence-corrected chi connectivity index (χ1v) is 7.17. The van der Waals surface area contributed by atoms with Crippen molar-refractivity contribution in [3.05, 3.63) is 35.9 Å². The van der Waals surface area contributed by atoms with E-state index in [4.69, 9.17) is 14.2 Å². The molecule has 3 rings (SSSR count). The van der Waals surface area contributed by atoms with Crippen molar-refractivity contribution in [2.75, 3.05) is 6.61 Å². The summed E-state index contributed by atoms with van der Waals surface area (Å²) in [7, 11) is 0. The number of aliphatic hydroxyl groups is 2. The van der Waals surface area contributed by atoms with Crippen molar-refractivity contribution in [3.63, 3.8) is 0 Å². The summed E-state index contributed by atoms with van der Waals surface area (Å²) in [4.78, 5) is 11.2. The third kappa shape index (κ3) is 2.99. The van der Waals surface area contributed by atoms with E-state index in [2.05, 4.69) is 5.32 Å². The van der Waals surface area contributed by atoms with Crippen LogP contribution in [0.2, 0.25) is 0 Å². The Hall–Kier alpha value is -1.51. The lowest BCUT2D eigenvalue weighted by Crippen LogP contribution is -2.66. The minimum absolute atomic E-state index is 0.186. The highest BCUT2D eigenvalue weighted by Gasteiger charge is 2.49. The molecule has 2 fully saturated rings. The van der Waals surface area contributed by atoms with Crippen molar-refractivity contribution in [1.82, 2.24) is 5.32 Å². The molecule has 0 aromatic heterocycles. The van der Waals surface area contributed by atoms with Crippen molar-refractivity contribution in [1.29, 1.82) is 0 Å². The minimum Gasteiger partial charge on any atom is -0.388 e. The quantitative estimate of drug-likeness (QED) is 0.693. The van der Waals surface area contributed by atoms with E-state index in [0.29, 0.717) is 0 Å². The van der Waals surface area contributed by atoms with Crippen LogP contribution in [0.1, 0.15) is 18.8 Å². The predicted octanol–water partition coefficient (Wildman–Crippen LogP) is -0.317. The van der Waals surface area contributed by atoms with Gasteiger partial charge >= 0.3 is 0 Å². The van der Waals surface area contributed by atoms with Gasteiger partial charge in [0.05, 0.1) is 6.61 Å². The molecule has 7 nitrogen and oxygen atoms in total. The lowest BCUT2D eigenvalue weighted by atomic mass is 9.96. The smallest absolute Gasteiger partial charge is 0.217 e. The van der Waals surface area contributed by atoms with Gasteiger partial charge in [0.25, 0.3) is 0 Å². The van der Waals surface area contributed by atoms with E-state index in [1.165, 1.54) is 6.92 Å². The molecular weight excluding hydrogens is 290 g/mol. The van der Waals surface area contributed by atoms with Crippen LogP contribution >= 0.6 is 0 Å². The van der Waals surface area contributed by atoms with E-state index in [-0.39, 0.29) is 12.5 Å². The molecule has 0 spiro atoms. The zero-order valence-corrected chi connectivity index (χ0v) is 12.1. The second-order valence-electron chi connectivity index (χ2n) is 5.46. The Balaban J connectivity index is 1.75. The maximum Gasteiger partial charge on any atom is 0.217 e. The number of aliphatic hydroxyl groups excluding tert-OH is 2. The van der Waals surface area contributed by atoms with Gasteiger partial charge in [-0.15, -0.1) is 0 Å². The number of rotatable bonds is 2. The van der Waals surface area contributed by atoms with Crippen LogP contribution in [-0.2, 0) is 19.0 Å². The summed E-state index contributed by atoms with van der Waals surface area (Å²) in [5, 5.41) is 22.8. The highest BCUT2D eigenvalue weighted by atomic mass is 16.7. The van der Waals surface area contributed by atoms with Crippen molar-refractivity contribution >= 4 is 5.91 Å². The standard InChI is InChI=1S/C15H19NO6/c1-8(17)16-11-12(18)13-10(21-14(11)19)7-20-15(22-13)9-5-3-2-4-6-9/h2-6,10-15,18-19H,7H2,1H3,(H,16,17)/t10-,11+,12-,13-,14+,15+/m1/s1. The number of hydrogen-bond acceptors (Lipinski definition) is 6. The zero-order valence-electron chi connectivity index (χ0n) is 12.1. The van der Waals surface area contributed by atoms with E-state index in [0.717, 1.165) is 5.56 Å². The molecule has 22 heavy (non-hydrogen) atoms. The summed E-state index contributed by atoms with van der Waals surface area (Å²) in [5.74, 6) is -0.364. The van der Waals surface area contributed by atoms with Gasteiger partial charge in [0.1, 0.15) is 24.4 Å². The highest BCUT2D eigenvalue weighted by molar-refractivity contribution is 5.73. The monoisotopic (exact) mass is 309 g/mol. The molecule has 6 atom stereocenters. The summed E-state index contributed by atoms with van der Waals surface area (Å²) >= 11 is 0. The molecule has 7 heteroatoms. The Bertz CT molecular complexity index is 524. The van der Waals surface area contributed by atoms with Gasteiger partial charge in [0.2, 0.25) is 5.91 Å². The van der Waals surface area contributed by atoms with Crippen LogP contribution in [0.25, 0.3) is 0 Å². The van der Waals surface area contributed by atoms with Crippen LogP contribution in [0, 0.1) is 0 Å². The Morgan fingerprint density at radius 1 is 1.23 bits per heavy atom. The average Bonchev–Trinajstić information content (AvgIpc) is 2.52. The second kappa shape index (κ2) is 6.31. The van der Waals surface area contributed by atoms with Gasteiger partial charge in [0, 0.05) is 12.5 Å². The molecule has 0 radical (unpaired) electrons. The summed E-state index contributed by atoms with van der Waals surface area (Å²) < 4.78 is 16.8. The maximum atomic E-state index is 11.2. The van der Waals surface area contributed by atoms with Crippen LogP contribution in [0.15, 0.2) is 30.3 Å². The lowest BCUT2D eigenvalue weighted by molar-refractivity contribution is -0.337. The zero-order chi connectivity index (χ0) is 15.7. The molecule has 3 N–H and O–H groups in total.